The predicted molar refractivity (Wildman–Crippen MR) is 186 cm³/mol. The smallest absolute Gasteiger partial charge is 0.231 e. The van der Waals surface area contributed by atoms with Crippen LogP contribution in [0.3, 0.4) is 0 Å². The van der Waals surface area contributed by atoms with Gasteiger partial charge in [0.1, 0.15) is 35.7 Å². The van der Waals surface area contributed by atoms with Gasteiger partial charge in [-0.25, -0.2) is 4.39 Å². The van der Waals surface area contributed by atoms with Crippen molar-refractivity contribution < 1.29 is 13.7 Å². The first kappa shape index (κ1) is 31.3. The molecule has 3 N–H and O–H groups in total. The molecule has 0 aliphatic carbocycles. The maximum absolute atomic E-state index is 15.8. The van der Waals surface area contributed by atoms with E-state index in [0.29, 0.717) is 56.7 Å². The molecule has 12 nitrogen and oxygen atoms in total. The molecule has 0 amide bonds. The van der Waals surface area contributed by atoms with Crippen molar-refractivity contribution in [2.75, 3.05) is 82.3 Å². The molecule has 0 saturated carbocycles. The van der Waals surface area contributed by atoms with E-state index >= 15 is 4.39 Å². The molecule has 0 unspecified atom stereocenters. The first-order chi connectivity index (χ1) is 22.7. The lowest BCUT2D eigenvalue weighted by Gasteiger charge is -2.42. The summed E-state index contributed by atoms with van der Waals surface area (Å²) in [5, 5.41) is 7.88. The molecule has 3 aromatic heterocycles. The van der Waals surface area contributed by atoms with Crippen LogP contribution in [0.2, 0.25) is 0 Å². The van der Waals surface area contributed by atoms with Crippen LogP contribution >= 0.6 is 7.14 Å². The molecule has 5 heterocycles. The number of aromatic nitrogens is 5. The Morgan fingerprint density at radius 2 is 1.72 bits per heavy atom. The van der Waals surface area contributed by atoms with E-state index in [1.165, 1.54) is 6.07 Å². The summed E-state index contributed by atoms with van der Waals surface area (Å²) in [5.41, 5.74) is 3.36. The molecule has 2 saturated heterocycles. The zero-order valence-corrected chi connectivity index (χ0v) is 28.0. The number of ether oxygens (including phenoxy) is 1. The maximum Gasteiger partial charge on any atom is 0.231 e. The van der Waals surface area contributed by atoms with Crippen molar-refractivity contribution in [3.63, 3.8) is 0 Å². The second-order valence-electron chi connectivity index (χ2n) is 12.7. The molecule has 0 atom stereocenters. The van der Waals surface area contributed by atoms with Crippen LogP contribution in [-0.4, -0.2) is 108 Å². The summed E-state index contributed by atoms with van der Waals surface area (Å²) in [6.45, 7) is 9.37. The summed E-state index contributed by atoms with van der Waals surface area (Å²) in [6.07, 6.45) is 6.98. The van der Waals surface area contributed by atoms with E-state index in [0.717, 1.165) is 57.5 Å². The first-order valence-corrected chi connectivity index (χ1v) is 18.5. The minimum Gasteiger partial charge on any atom is -0.494 e. The SMILES string of the molecule is COc1cc(N2CCC(N3CCN(C)CC3)CC2)c(F)cc1Nc1nc(Nc2ccc3nccnc3c2P(C)(C)=O)c2cc[nH]c2n1. The van der Waals surface area contributed by atoms with Gasteiger partial charge >= 0.3 is 0 Å². The summed E-state index contributed by atoms with van der Waals surface area (Å²) in [4.78, 5) is 28.5. The van der Waals surface area contributed by atoms with Crippen molar-refractivity contribution in [3.8, 4) is 5.75 Å². The summed E-state index contributed by atoms with van der Waals surface area (Å²) in [7, 11) is 0.947. The number of nitrogens with zero attached hydrogens (tertiary/aromatic N) is 7. The molecule has 2 aliphatic rings. The van der Waals surface area contributed by atoms with Crippen molar-refractivity contribution >= 4 is 63.3 Å². The second-order valence-corrected chi connectivity index (χ2v) is 15.8. The van der Waals surface area contributed by atoms with Gasteiger partial charge in [-0.2, -0.15) is 9.97 Å². The van der Waals surface area contributed by atoms with Gasteiger partial charge in [0.15, 0.2) is 0 Å². The van der Waals surface area contributed by atoms with Crippen LogP contribution in [0.5, 0.6) is 5.75 Å². The van der Waals surface area contributed by atoms with Crippen molar-refractivity contribution in [2.24, 2.45) is 0 Å². The number of benzene rings is 2. The third kappa shape index (κ3) is 6.35. The van der Waals surface area contributed by atoms with E-state index in [2.05, 4.69) is 52.3 Å². The van der Waals surface area contributed by atoms with Crippen LogP contribution in [0, 0.1) is 5.82 Å². The number of aromatic amines is 1. The fraction of sp³-hybridized carbons (Fsp3) is 0.394. The van der Waals surface area contributed by atoms with Gasteiger partial charge in [0.2, 0.25) is 5.95 Å². The van der Waals surface area contributed by atoms with Gasteiger partial charge < -0.3 is 34.7 Å². The monoisotopic (exact) mass is 658 g/mol. The number of piperazine rings is 1. The Labute approximate surface area is 273 Å². The normalized spacial score (nSPS) is 17.0. The molecule has 2 fully saturated rings. The van der Waals surface area contributed by atoms with Crippen LogP contribution < -0.4 is 25.6 Å². The van der Waals surface area contributed by atoms with Crippen LogP contribution in [0.25, 0.3) is 22.1 Å². The highest BCUT2D eigenvalue weighted by Crippen LogP contribution is 2.41. The predicted octanol–water partition coefficient (Wildman–Crippen LogP) is 5.00. The second kappa shape index (κ2) is 12.7. The fourth-order valence-corrected chi connectivity index (χ4v) is 8.11. The standard InChI is InChI=1S/C33H40FN10O2P/c1-42-15-17-43(18-16-42)21-8-13-44(14-9-21)27-20-28(46-2)26(19-23(27)34)39-33-40-31-22(7-10-37-31)32(41-33)38-25-6-5-24-29(36-12-11-35-24)30(25)47(3,4)45/h5-7,10-12,19-21H,8-9,13-18H2,1-4H3,(H3,37,38,39,40,41). The van der Waals surface area contributed by atoms with E-state index in [4.69, 9.17) is 9.72 Å². The highest BCUT2D eigenvalue weighted by atomic mass is 31.2. The van der Waals surface area contributed by atoms with Crippen LogP contribution in [0.15, 0.2) is 48.9 Å². The molecular weight excluding hydrogens is 618 g/mol. The Bertz CT molecular complexity index is 1960. The zero-order chi connectivity index (χ0) is 32.7. The van der Waals surface area contributed by atoms with Gasteiger partial charge in [0.25, 0.3) is 0 Å². The number of halogens is 1. The topological polar surface area (TPSA) is 127 Å². The summed E-state index contributed by atoms with van der Waals surface area (Å²) in [5.74, 6) is 0.866. The van der Waals surface area contributed by atoms with Gasteiger partial charge in [-0.15, -0.1) is 0 Å². The van der Waals surface area contributed by atoms with Gasteiger partial charge in [-0.05, 0) is 51.4 Å². The summed E-state index contributed by atoms with van der Waals surface area (Å²) >= 11 is 0. The average molecular weight is 659 g/mol. The van der Waals surface area contributed by atoms with E-state index in [9.17, 15) is 4.57 Å². The molecule has 2 aliphatic heterocycles. The average Bonchev–Trinajstić information content (AvgIpc) is 3.54. The molecular formula is C33H40FN10O2P. The molecule has 0 bridgehead atoms. The quantitative estimate of drug-likeness (QED) is 0.195. The molecule has 47 heavy (non-hydrogen) atoms. The maximum atomic E-state index is 15.8. The van der Waals surface area contributed by atoms with Crippen LogP contribution in [0.1, 0.15) is 12.8 Å². The Morgan fingerprint density at radius 1 is 0.957 bits per heavy atom. The van der Waals surface area contributed by atoms with Crippen molar-refractivity contribution in [1.29, 1.82) is 0 Å². The number of hydrogen-bond acceptors (Lipinski definition) is 11. The van der Waals surface area contributed by atoms with Crippen molar-refractivity contribution in [1.82, 2.24) is 34.7 Å². The molecule has 246 valence electrons. The molecule has 5 aromatic rings. The zero-order valence-electron chi connectivity index (χ0n) is 27.1. The van der Waals surface area contributed by atoms with Gasteiger partial charge in [-0.3, -0.25) is 14.9 Å². The molecule has 0 spiro atoms. The number of piperidine rings is 1. The molecule has 14 heteroatoms. The molecule has 0 radical (unpaired) electrons. The number of fused-ring (bicyclic) bond motifs is 2. The Morgan fingerprint density at radius 3 is 2.47 bits per heavy atom. The minimum atomic E-state index is -2.79. The number of rotatable bonds is 8. The number of likely N-dealkylation sites (N-methyl/N-ethyl adjacent to an activating group) is 1. The van der Waals surface area contributed by atoms with E-state index in [1.54, 1.807) is 45.1 Å². The number of anilines is 5. The minimum absolute atomic E-state index is 0.235. The van der Waals surface area contributed by atoms with Gasteiger partial charge in [0.05, 0.1) is 40.4 Å². The fourth-order valence-electron chi connectivity index (χ4n) is 6.72. The number of nitrogens with one attached hydrogen (secondary N) is 3. The third-order valence-corrected chi connectivity index (χ3v) is 10.7. The number of methoxy groups -OCH3 is 1. The van der Waals surface area contributed by atoms with Gasteiger partial charge in [-0.1, -0.05) is 0 Å². The highest BCUT2D eigenvalue weighted by Gasteiger charge is 2.29. The highest BCUT2D eigenvalue weighted by molar-refractivity contribution is 7.71. The number of hydrogen-bond donors (Lipinski definition) is 3. The lowest BCUT2D eigenvalue weighted by Crippen LogP contribution is -2.52. The van der Waals surface area contributed by atoms with Crippen LogP contribution in [-0.2, 0) is 4.57 Å². The Hall–Kier alpha value is -4.32. The van der Waals surface area contributed by atoms with Crippen LogP contribution in [0.4, 0.5) is 33.2 Å². The van der Waals surface area contributed by atoms with Gasteiger partial charge in [0, 0.05) is 76.0 Å². The van der Waals surface area contributed by atoms with E-state index < -0.39 is 7.14 Å². The van der Waals surface area contributed by atoms with E-state index in [-0.39, 0.29) is 11.8 Å². The Kier molecular flexibility index (Phi) is 8.46. The number of H-pyrrole nitrogens is 1. The lowest BCUT2D eigenvalue weighted by atomic mass is 10.0. The first-order valence-electron chi connectivity index (χ1n) is 15.9. The molecule has 7 rings (SSSR count). The molecule has 2 aromatic carbocycles. The lowest BCUT2D eigenvalue weighted by molar-refractivity contribution is 0.0981. The van der Waals surface area contributed by atoms with Crippen molar-refractivity contribution in [2.45, 2.75) is 18.9 Å². The summed E-state index contributed by atoms with van der Waals surface area (Å²) < 4.78 is 35.0. The van der Waals surface area contributed by atoms with E-state index in [1.807, 2.05) is 18.2 Å². The largest absolute Gasteiger partial charge is 0.494 e. The third-order valence-electron chi connectivity index (χ3n) is 9.20. The summed E-state index contributed by atoms with van der Waals surface area (Å²) in [6, 6.07) is 9.27. The Balaban J connectivity index is 1.15. The van der Waals surface area contributed by atoms with Crippen molar-refractivity contribution in [3.05, 3.63) is 54.7 Å².